The number of aromatic nitrogens is 3. The van der Waals surface area contributed by atoms with Gasteiger partial charge in [0.1, 0.15) is 11.2 Å². The SMILES string of the molecule is Cn1c(=O)c2c(NCc3ccccc3)cc(N)nc2n(C)c1=O. The molecule has 0 atom stereocenters. The van der Waals surface area contributed by atoms with Crippen molar-refractivity contribution in [1.82, 2.24) is 14.1 Å². The van der Waals surface area contributed by atoms with E-state index in [-0.39, 0.29) is 11.5 Å². The summed E-state index contributed by atoms with van der Waals surface area (Å²) in [5.41, 5.74) is 6.89. The summed E-state index contributed by atoms with van der Waals surface area (Å²) in [6, 6.07) is 11.4. The van der Waals surface area contributed by atoms with Gasteiger partial charge in [-0.25, -0.2) is 9.78 Å². The van der Waals surface area contributed by atoms with Crippen LogP contribution in [0.2, 0.25) is 0 Å². The first-order chi connectivity index (χ1) is 11.0. The molecule has 0 aliphatic carbocycles. The van der Waals surface area contributed by atoms with Crippen molar-refractivity contribution >= 4 is 22.5 Å². The predicted molar refractivity (Wildman–Crippen MR) is 90.4 cm³/mol. The van der Waals surface area contributed by atoms with Gasteiger partial charge in [-0.15, -0.1) is 0 Å². The van der Waals surface area contributed by atoms with E-state index >= 15 is 0 Å². The number of pyridine rings is 1. The average molecular weight is 311 g/mol. The number of aryl methyl sites for hydroxylation is 1. The van der Waals surface area contributed by atoms with Crippen LogP contribution >= 0.6 is 0 Å². The highest BCUT2D eigenvalue weighted by Crippen LogP contribution is 2.20. The largest absolute Gasteiger partial charge is 0.384 e. The molecule has 3 rings (SSSR count). The Hall–Kier alpha value is -3.09. The Morgan fingerprint density at radius 2 is 1.83 bits per heavy atom. The van der Waals surface area contributed by atoms with Gasteiger partial charge >= 0.3 is 5.69 Å². The molecule has 7 nitrogen and oxygen atoms in total. The summed E-state index contributed by atoms with van der Waals surface area (Å²) in [6.07, 6.45) is 0. The van der Waals surface area contributed by atoms with E-state index in [0.717, 1.165) is 10.1 Å². The number of anilines is 2. The molecule has 0 radical (unpaired) electrons. The van der Waals surface area contributed by atoms with E-state index in [1.165, 1.54) is 11.6 Å². The number of rotatable bonds is 3. The fourth-order valence-corrected chi connectivity index (χ4v) is 2.51. The molecule has 0 aliphatic heterocycles. The van der Waals surface area contributed by atoms with Crippen molar-refractivity contribution < 1.29 is 0 Å². The lowest BCUT2D eigenvalue weighted by Crippen LogP contribution is -2.37. The maximum Gasteiger partial charge on any atom is 0.332 e. The highest BCUT2D eigenvalue weighted by Gasteiger charge is 2.14. The molecule has 3 aromatic rings. The molecule has 23 heavy (non-hydrogen) atoms. The molecule has 2 heterocycles. The molecule has 7 heteroatoms. The Bertz CT molecular complexity index is 989. The van der Waals surface area contributed by atoms with Crippen LogP contribution in [-0.4, -0.2) is 14.1 Å². The summed E-state index contributed by atoms with van der Waals surface area (Å²) < 4.78 is 2.38. The first-order valence-corrected chi connectivity index (χ1v) is 7.13. The van der Waals surface area contributed by atoms with E-state index in [1.54, 1.807) is 13.1 Å². The monoisotopic (exact) mass is 311 g/mol. The summed E-state index contributed by atoms with van der Waals surface area (Å²) >= 11 is 0. The number of hydrogen-bond donors (Lipinski definition) is 2. The van der Waals surface area contributed by atoms with Crippen molar-refractivity contribution in [2.75, 3.05) is 11.1 Å². The second-order valence-electron chi connectivity index (χ2n) is 5.34. The van der Waals surface area contributed by atoms with Crippen LogP contribution in [0.3, 0.4) is 0 Å². The van der Waals surface area contributed by atoms with Crippen LogP contribution in [0.15, 0.2) is 46.0 Å². The minimum atomic E-state index is -0.436. The lowest BCUT2D eigenvalue weighted by molar-refractivity contribution is 0.708. The second-order valence-corrected chi connectivity index (χ2v) is 5.34. The average Bonchev–Trinajstić information content (AvgIpc) is 2.56. The second kappa shape index (κ2) is 5.60. The van der Waals surface area contributed by atoms with E-state index in [4.69, 9.17) is 5.73 Å². The van der Waals surface area contributed by atoms with Gasteiger partial charge in [-0.2, -0.15) is 0 Å². The van der Waals surface area contributed by atoms with Crippen LogP contribution in [0, 0.1) is 0 Å². The fraction of sp³-hybridized carbons (Fsp3) is 0.188. The number of benzene rings is 1. The van der Waals surface area contributed by atoms with E-state index in [0.29, 0.717) is 17.6 Å². The Balaban J connectivity index is 2.17. The van der Waals surface area contributed by atoms with Gasteiger partial charge in [-0.05, 0) is 5.56 Å². The number of nitrogens with two attached hydrogens (primary N) is 1. The number of nitrogen functional groups attached to an aromatic ring is 1. The third-order valence-electron chi connectivity index (χ3n) is 3.76. The standard InChI is InChI=1S/C16H17N5O2/c1-20-14-13(15(22)21(2)16(20)23)11(8-12(17)19-14)18-9-10-6-4-3-5-7-10/h3-8H,9H2,1-2H3,(H3,17,18,19). The molecule has 0 spiro atoms. The zero-order chi connectivity index (χ0) is 16.6. The van der Waals surface area contributed by atoms with E-state index < -0.39 is 11.2 Å². The third kappa shape index (κ3) is 2.57. The Kier molecular flexibility index (Phi) is 3.61. The molecule has 3 N–H and O–H groups in total. The molecule has 0 amide bonds. The Labute approximate surface area is 132 Å². The summed E-state index contributed by atoms with van der Waals surface area (Å²) in [6.45, 7) is 0.533. The molecule has 0 bridgehead atoms. The van der Waals surface area contributed by atoms with Crippen molar-refractivity contribution in [3.63, 3.8) is 0 Å². The molecule has 0 saturated heterocycles. The lowest BCUT2D eigenvalue weighted by atomic mass is 10.2. The molecule has 0 fully saturated rings. The third-order valence-corrected chi connectivity index (χ3v) is 3.76. The highest BCUT2D eigenvalue weighted by atomic mass is 16.2. The molecule has 0 saturated carbocycles. The van der Waals surface area contributed by atoms with E-state index in [2.05, 4.69) is 10.3 Å². The van der Waals surface area contributed by atoms with Crippen LogP contribution in [0.25, 0.3) is 11.0 Å². The highest BCUT2D eigenvalue weighted by molar-refractivity contribution is 5.90. The molecular weight excluding hydrogens is 294 g/mol. The van der Waals surface area contributed by atoms with Gasteiger partial charge in [0.05, 0.1) is 5.69 Å². The molecular formula is C16H17N5O2. The summed E-state index contributed by atoms with van der Waals surface area (Å²) in [5, 5.41) is 3.56. The van der Waals surface area contributed by atoms with Crippen LogP contribution < -0.4 is 22.3 Å². The number of nitrogens with one attached hydrogen (secondary N) is 1. The van der Waals surface area contributed by atoms with Gasteiger partial charge in [0, 0.05) is 26.7 Å². The van der Waals surface area contributed by atoms with Gasteiger partial charge < -0.3 is 11.1 Å². The van der Waals surface area contributed by atoms with E-state index in [1.807, 2.05) is 30.3 Å². The minimum Gasteiger partial charge on any atom is -0.384 e. The van der Waals surface area contributed by atoms with Crippen LogP contribution in [0.1, 0.15) is 5.56 Å². The molecule has 0 unspecified atom stereocenters. The first kappa shape index (κ1) is 14.8. The van der Waals surface area contributed by atoms with Gasteiger partial charge in [-0.1, -0.05) is 30.3 Å². The first-order valence-electron chi connectivity index (χ1n) is 7.13. The van der Waals surface area contributed by atoms with Crippen molar-refractivity contribution in [2.24, 2.45) is 14.1 Å². The normalized spacial score (nSPS) is 10.9. The van der Waals surface area contributed by atoms with Crippen molar-refractivity contribution in [3.8, 4) is 0 Å². The summed E-state index contributed by atoms with van der Waals surface area (Å²) in [5.74, 6) is 0.247. The van der Waals surface area contributed by atoms with Crippen molar-refractivity contribution in [1.29, 1.82) is 0 Å². The van der Waals surface area contributed by atoms with Gasteiger partial charge in [-0.3, -0.25) is 13.9 Å². The zero-order valence-corrected chi connectivity index (χ0v) is 12.9. The smallest absolute Gasteiger partial charge is 0.332 e. The Morgan fingerprint density at radius 3 is 2.52 bits per heavy atom. The quantitative estimate of drug-likeness (QED) is 0.747. The molecule has 118 valence electrons. The van der Waals surface area contributed by atoms with Gasteiger partial charge in [0.2, 0.25) is 0 Å². The van der Waals surface area contributed by atoms with Crippen LogP contribution in [0.5, 0.6) is 0 Å². The number of fused-ring (bicyclic) bond motifs is 1. The maximum absolute atomic E-state index is 12.5. The predicted octanol–water partition coefficient (Wildman–Crippen LogP) is 0.827. The van der Waals surface area contributed by atoms with Crippen LogP contribution in [0.4, 0.5) is 11.5 Å². The molecule has 0 aliphatic rings. The topological polar surface area (TPSA) is 94.9 Å². The molecule has 1 aromatic carbocycles. The maximum atomic E-state index is 12.5. The lowest BCUT2D eigenvalue weighted by Gasteiger charge is -2.13. The molecule has 2 aromatic heterocycles. The van der Waals surface area contributed by atoms with Crippen molar-refractivity contribution in [3.05, 3.63) is 62.8 Å². The minimum absolute atomic E-state index is 0.247. The van der Waals surface area contributed by atoms with Crippen molar-refractivity contribution in [2.45, 2.75) is 6.54 Å². The van der Waals surface area contributed by atoms with E-state index in [9.17, 15) is 9.59 Å². The van der Waals surface area contributed by atoms with Gasteiger partial charge in [0.25, 0.3) is 5.56 Å². The summed E-state index contributed by atoms with van der Waals surface area (Å²) in [4.78, 5) is 28.6. The Morgan fingerprint density at radius 1 is 1.13 bits per heavy atom. The van der Waals surface area contributed by atoms with Gasteiger partial charge in [0.15, 0.2) is 5.65 Å². The number of nitrogens with zero attached hydrogens (tertiary/aromatic N) is 3. The number of hydrogen-bond acceptors (Lipinski definition) is 5. The summed E-state index contributed by atoms with van der Waals surface area (Å²) in [7, 11) is 3.01. The van der Waals surface area contributed by atoms with Crippen LogP contribution in [-0.2, 0) is 20.6 Å². The zero-order valence-electron chi connectivity index (χ0n) is 12.9. The fourth-order valence-electron chi connectivity index (χ4n) is 2.51.